The molecule has 0 aliphatic carbocycles. The van der Waals surface area contributed by atoms with Crippen LogP contribution in [0.5, 0.6) is 0 Å². The molecule has 1 aromatic rings. The summed E-state index contributed by atoms with van der Waals surface area (Å²) in [5.74, 6) is 1.16. The van der Waals surface area contributed by atoms with Crippen LogP contribution >= 0.6 is 0 Å². The Morgan fingerprint density at radius 3 is 2.48 bits per heavy atom. The number of carbonyl (C=O) groups excluding carboxylic acids is 1. The fraction of sp³-hybridized carbons (Fsp3) is 0.706. The van der Waals surface area contributed by atoms with Gasteiger partial charge in [0.15, 0.2) is 0 Å². The van der Waals surface area contributed by atoms with Crippen LogP contribution in [0.4, 0.5) is 5.95 Å². The van der Waals surface area contributed by atoms with Crippen LogP contribution in [-0.4, -0.2) is 72.0 Å². The third kappa shape index (κ3) is 3.80. The Bertz CT molecular complexity index is 513. The van der Waals surface area contributed by atoms with Gasteiger partial charge in [0.1, 0.15) is 0 Å². The lowest BCUT2D eigenvalue weighted by molar-refractivity contribution is -0.137. The molecule has 0 bridgehead atoms. The van der Waals surface area contributed by atoms with Crippen LogP contribution in [0.3, 0.4) is 0 Å². The average molecular weight is 317 g/mol. The molecule has 6 nitrogen and oxygen atoms in total. The lowest BCUT2D eigenvalue weighted by atomic mass is 9.95. The molecule has 1 amide bonds. The van der Waals surface area contributed by atoms with Crippen LogP contribution in [0.15, 0.2) is 18.5 Å². The molecule has 2 saturated heterocycles. The maximum Gasteiger partial charge on any atom is 0.227 e. The fourth-order valence-corrected chi connectivity index (χ4v) is 3.68. The molecular weight excluding hydrogens is 290 g/mol. The highest BCUT2D eigenvalue weighted by Crippen LogP contribution is 2.24. The lowest BCUT2D eigenvalue weighted by Crippen LogP contribution is -2.49. The molecule has 1 atom stereocenters. The normalized spacial score (nSPS) is 23.3. The van der Waals surface area contributed by atoms with Gasteiger partial charge >= 0.3 is 0 Å². The predicted molar refractivity (Wildman–Crippen MR) is 90.3 cm³/mol. The Balaban J connectivity index is 1.57. The summed E-state index contributed by atoms with van der Waals surface area (Å²) < 4.78 is 0. The summed E-state index contributed by atoms with van der Waals surface area (Å²) >= 11 is 0. The standard InChI is InChI=1S/C17H27N5O/c1-20(2)15-6-11-21(12-7-15)16(23)14-5-3-10-22(13-14)17-18-8-4-9-19-17/h4,8-9,14-15H,3,5-7,10-13H2,1-2H3/t14-/m0/s1. The van der Waals surface area contributed by atoms with Crippen molar-refractivity contribution in [3.05, 3.63) is 18.5 Å². The van der Waals surface area contributed by atoms with Crippen molar-refractivity contribution < 1.29 is 4.79 Å². The highest BCUT2D eigenvalue weighted by molar-refractivity contribution is 5.79. The van der Waals surface area contributed by atoms with Crippen molar-refractivity contribution in [3.63, 3.8) is 0 Å². The molecule has 1 aromatic heterocycles. The average Bonchev–Trinajstić information content (AvgIpc) is 2.62. The summed E-state index contributed by atoms with van der Waals surface area (Å²) in [6, 6.07) is 2.44. The largest absolute Gasteiger partial charge is 0.342 e. The summed E-state index contributed by atoms with van der Waals surface area (Å²) in [6.45, 7) is 3.47. The number of amides is 1. The van der Waals surface area contributed by atoms with E-state index in [-0.39, 0.29) is 5.92 Å². The van der Waals surface area contributed by atoms with Crippen molar-refractivity contribution in [2.24, 2.45) is 5.92 Å². The van der Waals surface area contributed by atoms with Crippen LogP contribution in [-0.2, 0) is 4.79 Å². The summed E-state index contributed by atoms with van der Waals surface area (Å²) in [5.41, 5.74) is 0. The first-order valence-corrected chi connectivity index (χ1v) is 8.62. The molecule has 0 saturated carbocycles. The minimum absolute atomic E-state index is 0.0865. The number of rotatable bonds is 3. The van der Waals surface area contributed by atoms with E-state index in [0.29, 0.717) is 11.9 Å². The molecule has 0 unspecified atom stereocenters. The summed E-state index contributed by atoms with van der Waals surface area (Å²) in [5, 5.41) is 0. The zero-order valence-corrected chi connectivity index (χ0v) is 14.2. The number of nitrogens with zero attached hydrogens (tertiary/aromatic N) is 5. The first kappa shape index (κ1) is 16.2. The van der Waals surface area contributed by atoms with Crippen molar-refractivity contribution in [2.75, 3.05) is 45.2 Å². The third-order valence-corrected chi connectivity index (χ3v) is 5.11. The predicted octanol–water partition coefficient (Wildman–Crippen LogP) is 1.25. The topological polar surface area (TPSA) is 52.6 Å². The Labute approximate surface area is 138 Å². The number of piperidine rings is 2. The first-order valence-electron chi connectivity index (χ1n) is 8.62. The minimum atomic E-state index is 0.0865. The molecule has 0 N–H and O–H groups in total. The molecule has 2 fully saturated rings. The van der Waals surface area contributed by atoms with E-state index >= 15 is 0 Å². The quantitative estimate of drug-likeness (QED) is 0.840. The Kier molecular flexibility index (Phi) is 5.10. The Morgan fingerprint density at radius 2 is 1.83 bits per heavy atom. The van der Waals surface area contributed by atoms with Gasteiger partial charge in [0.2, 0.25) is 11.9 Å². The summed E-state index contributed by atoms with van der Waals surface area (Å²) in [4.78, 5) is 28.0. The van der Waals surface area contributed by atoms with E-state index in [1.165, 1.54) is 0 Å². The van der Waals surface area contributed by atoms with Gasteiger partial charge < -0.3 is 14.7 Å². The zero-order chi connectivity index (χ0) is 16.2. The molecule has 3 heterocycles. The van der Waals surface area contributed by atoms with Gasteiger partial charge in [-0.25, -0.2) is 9.97 Å². The molecule has 23 heavy (non-hydrogen) atoms. The van der Waals surface area contributed by atoms with Gasteiger partial charge in [0.25, 0.3) is 0 Å². The highest BCUT2D eigenvalue weighted by Gasteiger charge is 2.32. The Morgan fingerprint density at radius 1 is 1.13 bits per heavy atom. The second-order valence-electron chi connectivity index (χ2n) is 6.85. The number of likely N-dealkylation sites (tertiary alicyclic amines) is 1. The first-order chi connectivity index (χ1) is 11.1. The molecular formula is C17H27N5O. The molecule has 6 heteroatoms. The van der Waals surface area contributed by atoms with Gasteiger partial charge in [-0.15, -0.1) is 0 Å². The number of aromatic nitrogens is 2. The second-order valence-corrected chi connectivity index (χ2v) is 6.85. The number of hydrogen-bond donors (Lipinski definition) is 0. The third-order valence-electron chi connectivity index (χ3n) is 5.11. The maximum atomic E-state index is 12.9. The Hall–Kier alpha value is -1.69. The molecule has 0 spiro atoms. The molecule has 2 aliphatic rings. The maximum absolute atomic E-state index is 12.9. The molecule has 126 valence electrons. The van der Waals surface area contributed by atoms with Gasteiger partial charge in [-0.05, 0) is 45.8 Å². The van der Waals surface area contributed by atoms with E-state index in [2.05, 4.69) is 38.8 Å². The number of anilines is 1. The van der Waals surface area contributed by atoms with E-state index in [9.17, 15) is 4.79 Å². The molecule has 0 aromatic carbocycles. The van der Waals surface area contributed by atoms with Crippen molar-refractivity contribution in [2.45, 2.75) is 31.7 Å². The summed E-state index contributed by atoms with van der Waals surface area (Å²) in [6.07, 6.45) is 7.70. The van der Waals surface area contributed by atoms with Crippen molar-refractivity contribution in [1.82, 2.24) is 19.8 Å². The van der Waals surface area contributed by atoms with Gasteiger partial charge in [0.05, 0.1) is 5.92 Å². The lowest BCUT2D eigenvalue weighted by Gasteiger charge is -2.39. The van der Waals surface area contributed by atoms with Crippen LogP contribution in [0.1, 0.15) is 25.7 Å². The van der Waals surface area contributed by atoms with Gasteiger partial charge in [0, 0.05) is 44.6 Å². The van der Waals surface area contributed by atoms with Crippen LogP contribution in [0, 0.1) is 5.92 Å². The second kappa shape index (κ2) is 7.25. The van der Waals surface area contributed by atoms with E-state index in [4.69, 9.17) is 0 Å². The van der Waals surface area contributed by atoms with Crippen LogP contribution < -0.4 is 4.90 Å². The zero-order valence-electron chi connectivity index (χ0n) is 14.2. The SMILES string of the molecule is CN(C)C1CCN(C(=O)[C@H]2CCCN(c3ncccn3)C2)CC1. The van der Waals surface area contributed by atoms with E-state index in [1.54, 1.807) is 12.4 Å². The van der Waals surface area contributed by atoms with Crippen molar-refractivity contribution in [3.8, 4) is 0 Å². The van der Waals surface area contributed by atoms with Gasteiger partial charge in [-0.1, -0.05) is 0 Å². The van der Waals surface area contributed by atoms with E-state index in [0.717, 1.165) is 57.8 Å². The van der Waals surface area contributed by atoms with E-state index < -0.39 is 0 Å². The molecule has 0 radical (unpaired) electrons. The fourth-order valence-electron chi connectivity index (χ4n) is 3.68. The van der Waals surface area contributed by atoms with Crippen LogP contribution in [0.25, 0.3) is 0 Å². The minimum Gasteiger partial charge on any atom is -0.342 e. The van der Waals surface area contributed by atoms with Gasteiger partial charge in [-0.3, -0.25) is 4.79 Å². The van der Waals surface area contributed by atoms with Crippen molar-refractivity contribution >= 4 is 11.9 Å². The van der Waals surface area contributed by atoms with Crippen LogP contribution in [0.2, 0.25) is 0 Å². The molecule has 2 aliphatic heterocycles. The van der Waals surface area contributed by atoms with E-state index in [1.807, 2.05) is 6.07 Å². The van der Waals surface area contributed by atoms with Crippen molar-refractivity contribution in [1.29, 1.82) is 0 Å². The molecule has 3 rings (SSSR count). The smallest absolute Gasteiger partial charge is 0.227 e. The number of carbonyl (C=O) groups is 1. The van der Waals surface area contributed by atoms with Gasteiger partial charge in [-0.2, -0.15) is 0 Å². The highest BCUT2D eigenvalue weighted by atomic mass is 16.2. The number of hydrogen-bond acceptors (Lipinski definition) is 5. The monoisotopic (exact) mass is 317 g/mol. The summed E-state index contributed by atoms with van der Waals surface area (Å²) in [7, 11) is 4.25.